The molecule has 2 nitrogen and oxygen atoms in total. The van der Waals surface area contributed by atoms with Crippen LogP contribution in [0.15, 0.2) is 34.7 Å². The number of aliphatic hydroxyl groups excluding tert-OH is 1. The topological polar surface area (TPSA) is 33.4 Å². The van der Waals surface area contributed by atoms with Crippen LogP contribution in [0.5, 0.6) is 0 Å². The monoisotopic (exact) mass is 238 g/mol. The summed E-state index contributed by atoms with van der Waals surface area (Å²) in [6, 6.07) is 6.95. The number of halogens is 2. The van der Waals surface area contributed by atoms with E-state index in [4.69, 9.17) is 4.42 Å². The van der Waals surface area contributed by atoms with Crippen LogP contribution >= 0.6 is 0 Å². The van der Waals surface area contributed by atoms with Crippen molar-refractivity contribution in [3.63, 3.8) is 0 Å². The molecular formula is C13H12F2O2. The Morgan fingerprint density at radius 3 is 2.65 bits per heavy atom. The summed E-state index contributed by atoms with van der Waals surface area (Å²) in [6.45, 7) is 1.90. The van der Waals surface area contributed by atoms with Gasteiger partial charge in [-0.1, -0.05) is 19.1 Å². The van der Waals surface area contributed by atoms with E-state index >= 15 is 0 Å². The summed E-state index contributed by atoms with van der Waals surface area (Å²) < 4.78 is 31.8. The molecule has 0 saturated heterocycles. The molecule has 0 bridgehead atoms. The van der Waals surface area contributed by atoms with E-state index in [-0.39, 0.29) is 11.3 Å². The van der Waals surface area contributed by atoms with Gasteiger partial charge in [0.15, 0.2) is 11.6 Å². The molecule has 1 aromatic carbocycles. The Morgan fingerprint density at radius 1 is 1.24 bits per heavy atom. The van der Waals surface area contributed by atoms with Crippen molar-refractivity contribution in [1.29, 1.82) is 0 Å². The molecule has 2 aromatic rings. The van der Waals surface area contributed by atoms with Gasteiger partial charge in [-0.05, 0) is 18.2 Å². The molecule has 0 radical (unpaired) electrons. The molecule has 0 saturated carbocycles. The van der Waals surface area contributed by atoms with Crippen LogP contribution in [-0.2, 0) is 6.42 Å². The molecule has 1 atom stereocenters. The average Bonchev–Trinajstić information content (AvgIpc) is 2.80. The number of benzene rings is 1. The third-order valence-electron chi connectivity index (χ3n) is 2.58. The van der Waals surface area contributed by atoms with Crippen LogP contribution in [0.3, 0.4) is 0 Å². The van der Waals surface area contributed by atoms with Gasteiger partial charge in [-0.3, -0.25) is 0 Å². The van der Waals surface area contributed by atoms with Gasteiger partial charge < -0.3 is 9.52 Å². The molecule has 17 heavy (non-hydrogen) atoms. The third-order valence-corrected chi connectivity index (χ3v) is 2.58. The second-order valence-electron chi connectivity index (χ2n) is 3.70. The number of aliphatic hydroxyl groups is 1. The van der Waals surface area contributed by atoms with Crippen molar-refractivity contribution in [3.8, 4) is 0 Å². The lowest BCUT2D eigenvalue weighted by Gasteiger charge is -2.09. The summed E-state index contributed by atoms with van der Waals surface area (Å²) in [5.74, 6) is -1.12. The van der Waals surface area contributed by atoms with Crippen LogP contribution in [-0.4, -0.2) is 5.11 Å². The first-order valence-electron chi connectivity index (χ1n) is 5.34. The van der Waals surface area contributed by atoms with Gasteiger partial charge in [0, 0.05) is 12.0 Å². The zero-order valence-corrected chi connectivity index (χ0v) is 9.28. The van der Waals surface area contributed by atoms with Gasteiger partial charge in [0.25, 0.3) is 0 Å². The minimum atomic E-state index is -1.29. The van der Waals surface area contributed by atoms with Crippen LogP contribution in [0.25, 0.3) is 0 Å². The zero-order valence-electron chi connectivity index (χ0n) is 9.28. The predicted octanol–water partition coefficient (Wildman–Crippen LogP) is 3.20. The Balaban J connectivity index is 2.36. The summed E-state index contributed by atoms with van der Waals surface area (Å²) >= 11 is 0. The van der Waals surface area contributed by atoms with E-state index in [0.29, 0.717) is 12.2 Å². The van der Waals surface area contributed by atoms with E-state index in [1.165, 1.54) is 12.1 Å². The van der Waals surface area contributed by atoms with Gasteiger partial charge in [0.1, 0.15) is 17.6 Å². The van der Waals surface area contributed by atoms with Gasteiger partial charge >= 0.3 is 0 Å². The minimum Gasteiger partial charge on any atom is -0.463 e. The number of rotatable bonds is 3. The normalized spacial score (nSPS) is 12.7. The molecule has 0 spiro atoms. The minimum absolute atomic E-state index is 0.123. The zero-order chi connectivity index (χ0) is 12.4. The van der Waals surface area contributed by atoms with E-state index < -0.39 is 17.7 Å². The average molecular weight is 238 g/mol. The molecule has 90 valence electrons. The highest BCUT2D eigenvalue weighted by molar-refractivity contribution is 5.27. The molecule has 4 heteroatoms. The van der Waals surface area contributed by atoms with Crippen molar-refractivity contribution in [1.82, 2.24) is 0 Å². The van der Waals surface area contributed by atoms with Gasteiger partial charge in [0.2, 0.25) is 0 Å². The Hall–Kier alpha value is -1.68. The van der Waals surface area contributed by atoms with Crippen molar-refractivity contribution in [2.24, 2.45) is 0 Å². The Morgan fingerprint density at radius 2 is 2.00 bits per heavy atom. The SMILES string of the molecule is CCc1ccc(C(O)c2cccc(F)c2F)o1. The highest BCUT2D eigenvalue weighted by atomic mass is 19.2. The lowest BCUT2D eigenvalue weighted by molar-refractivity contribution is 0.181. The fraction of sp³-hybridized carbons (Fsp3) is 0.231. The molecule has 0 aliphatic carbocycles. The number of furan rings is 1. The molecule has 0 fully saturated rings. The number of hydrogen-bond acceptors (Lipinski definition) is 2. The lowest BCUT2D eigenvalue weighted by Crippen LogP contribution is -2.03. The molecule has 0 aliphatic heterocycles. The summed E-state index contributed by atoms with van der Waals surface area (Å²) in [7, 11) is 0. The lowest BCUT2D eigenvalue weighted by atomic mass is 10.1. The molecule has 2 rings (SSSR count). The van der Waals surface area contributed by atoms with E-state index in [9.17, 15) is 13.9 Å². The molecule has 1 heterocycles. The van der Waals surface area contributed by atoms with E-state index in [1.807, 2.05) is 6.92 Å². The highest BCUT2D eigenvalue weighted by Crippen LogP contribution is 2.26. The molecular weight excluding hydrogens is 226 g/mol. The maximum atomic E-state index is 13.4. The van der Waals surface area contributed by atoms with Crippen LogP contribution in [0.1, 0.15) is 30.1 Å². The van der Waals surface area contributed by atoms with Crippen molar-refractivity contribution in [2.45, 2.75) is 19.4 Å². The van der Waals surface area contributed by atoms with E-state index in [2.05, 4.69) is 0 Å². The number of aryl methyl sites for hydroxylation is 1. The van der Waals surface area contributed by atoms with Crippen molar-refractivity contribution < 1.29 is 18.3 Å². The van der Waals surface area contributed by atoms with Crippen LogP contribution in [0.2, 0.25) is 0 Å². The summed E-state index contributed by atoms with van der Waals surface area (Å²) in [4.78, 5) is 0. The third kappa shape index (κ3) is 2.22. The fourth-order valence-electron chi connectivity index (χ4n) is 1.62. The molecule has 1 unspecified atom stereocenters. The summed E-state index contributed by atoms with van der Waals surface area (Å²) in [5.41, 5.74) is -0.123. The Labute approximate surface area is 97.5 Å². The molecule has 0 aliphatic rings. The second kappa shape index (κ2) is 4.67. The maximum absolute atomic E-state index is 13.4. The number of hydrogen-bond donors (Lipinski definition) is 1. The smallest absolute Gasteiger partial charge is 0.165 e. The summed E-state index contributed by atoms with van der Waals surface area (Å²) in [5, 5.41) is 9.91. The predicted molar refractivity (Wildman–Crippen MR) is 58.5 cm³/mol. The quantitative estimate of drug-likeness (QED) is 0.890. The first kappa shape index (κ1) is 11.8. The Bertz CT molecular complexity index is 520. The van der Waals surface area contributed by atoms with Crippen LogP contribution in [0.4, 0.5) is 8.78 Å². The first-order chi connectivity index (χ1) is 8.13. The highest BCUT2D eigenvalue weighted by Gasteiger charge is 2.20. The maximum Gasteiger partial charge on any atom is 0.165 e. The van der Waals surface area contributed by atoms with Gasteiger partial charge in [0.05, 0.1) is 0 Å². The largest absolute Gasteiger partial charge is 0.463 e. The second-order valence-corrected chi connectivity index (χ2v) is 3.70. The molecule has 0 amide bonds. The van der Waals surface area contributed by atoms with Crippen LogP contribution < -0.4 is 0 Å². The molecule has 1 aromatic heterocycles. The van der Waals surface area contributed by atoms with Gasteiger partial charge in [-0.25, -0.2) is 8.78 Å². The van der Waals surface area contributed by atoms with Crippen LogP contribution in [0, 0.1) is 11.6 Å². The van der Waals surface area contributed by atoms with Gasteiger partial charge in [-0.15, -0.1) is 0 Å². The fourth-order valence-corrected chi connectivity index (χ4v) is 1.62. The molecule has 1 N–H and O–H groups in total. The van der Waals surface area contributed by atoms with E-state index in [1.54, 1.807) is 12.1 Å². The Kier molecular flexibility index (Phi) is 3.24. The standard InChI is InChI=1S/C13H12F2O2/c1-2-8-6-7-11(17-8)13(16)9-4-3-5-10(14)12(9)15/h3-7,13,16H,2H2,1H3. The van der Waals surface area contributed by atoms with Crippen molar-refractivity contribution >= 4 is 0 Å². The van der Waals surface area contributed by atoms with Crippen molar-refractivity contribution in [2.75, 3.05) is 0 Å². The first-order valence-corrected chi connectivity index (χ1v) is 5.34. The summed E-state index contributed by atoms with van der Waals surface area (Å²) in [6.07, 6.45) is -0.607. The van der Waals surface area contributed by atoms with Crippen molar-refractivity contribution in [3.05, 3.63) is 59.1 Å². The van der Waals surface area contributed by atoms with Gasteiger partial charge in [-0.2, -0.15) is 0 Å². The van der Waals surface area contributed by atoms with E-state index in [0.717, 1.165) is 6.07 Å².